The van der Waals surface area contributed by atoms with Crippen molar-refractivity contribution in [2.45, 2.75) is 58.4 Å². The van der Waals surface area contributed by atoms with E-state index < -0.39 is 57.4 Å². The van der Waals surface area contributed by atoms with Gasteiger partial charge in [0.15, 0.2) is 0 Å². The fraction of sp³-hybridized carbons (Fsp3) is 0.440. The molecule has 0 aliphatic carbocycles. The Kier molecular flexibility index (Phi) is 10.6. The van der Waals surface area contributed by atoms with Gasteiger partial charge in [-0.25, -0.2) is 8.42 Å². The van der Waals surface area contributed by atoms with Crippen LogP contribution in [-0.4, -0.2) is 49.5 Å². The van der Waals surface area contributed by atoms with Crippen LogP contribution in [0.2, 0.25) is 15.1 Å². The molecule has 39 heavy (non-hydrogen) atoms. The third kappa shape index (κ3) is 9.16. The first-order chi connectivity index (χ1) is 17.7. The Bertz CT molecular complexity index is 1330. The summed E-state index contributed by atoms with van der Waals surface area (Å²) in [6.07, 6.45) is -3.91. The molecule has 0 saturated carbocycles. The normalized spacial score (nSPS) is 13.1. The van der Waals surface area contributed by atoms with E-state index in [0.717, 1.165) is 17.2 Å². The number of nitrogens with one attached hydrogen (secondary N) is 1. The molecule has 0 radical (unpaired) electrons. The molecule has 0 bridgehead atoms. The number of benzene rings is 2. The number of hydrogen-bond donors (Lipinski definition) is 1. The molecule has 0 fully saturated rings. The van der Waals surface area contributed by atoms with Crippen LogP contribution in [0.4, 0.5) is 18.9 Å². The van der Waals surface area contributed by atoms with E-state index >= 15 is 0 Å². The molecular weight excluding hydrogens is 602 g/mol. The molecule has 2 aromatic carbocycles. The number of carbonyl (C=O) groups is 2. The molecule has 0 aliphatic rings. The van der Waals surface area contributed by atoms with Crippen LogP contribution in [0, 0.1) is 0 Å². The van der Waals surface area contributed by atoms with Crippen LogP contribution < -0.4 is 9.62 Å². The van der Waals surface area contributed by atoms with Gasteiger partial charge in [0.2, 0.25) is 21.8 Å². The first-order valence-electron chi connectivity index (χ1n) is 11.6. The molecule has 0 unspecified atom stereocenters. The van der Waals surface area contributed by atoms with Crippen LogP contribution >= 0.6 is 34.8 Å². The number of amides is 2. The maximum absolute atomic E-state index is 13.7. The highest BCUT2D eigenvalue weighted by Crippen LogP contribution is 2.36. The van der Waals surface area contributed by atoms with E-state index in [1.54, 1.807) is 33.8 Å². The number of sulfonamides is 1. The Morgan fingerprint density at radius 1 is 1.00 bits per heavy atom. The minimum Gasteiger partial charge on any atom is -0.350 e. The van der Waals surface area contributed by atoms with E-state index in [0.29, 0.717) is 27.0 Å². The third-order valence-corrected chi connectivity index (χ3v) is 7.49. The maximum Gasteiger partial charge on any atom is 0.416 e. The maximum atomic E-state index is 13.7. The zero-order chi connectivity index (χ0) is 29.9. The molecule has 14 heteroatoms. The van der Waals surface area contributed by atoms with Gasteiger partial charge >= 0.3 is 6.18 Å². The van der Waals surface area contributed by atoms with Gasteiger partial charge in [-0.3, -0.25) is 13.9 Å². The lowest BCUT2D eigenvalue weighted by Crippen LogP contribution is -2.55. The van der Waals surface area contributed by atoms with Crippen molar-refractivity contribution in [2.75, 3.05) is 17.1 Å². The minimum absolute atomic E-state index is 0.141. The average Bonchev–Trinajstić information content (AvgIpc) is 2.76. The van der Waals surface area contributed by atoms with Crippen LogP contribution in [0.15, 0.2) is 36.4 Å². The second kappa shape index (κ2) is 12.5. The van der Waals surface area contributed by atoms with Gasteiger partial charge in [-0.2, -0.15) is 13.2 Å². The summed E-state index contributed by atoms with van der Waals surface area (Å²) in [5, 5.41) is 3.02. The molecule has 0 spiro atoms. The molecule has 2 amide bonds. The molecule has 2 rings (SSSR count). The van der Waals surface area contributed by atoms with Gasteiger partial charge < -0.3 is 10.2 Å². The van der Waals surface area contributed by atoms with E-state index in [9.17, 15) is 31.2 Å². The largest absolute Gasteiger partial charge is 0.416 e. The molecule has 216 valence electrons. The molecule has 1 N–H and O–H groups in total. The summed E-state index contributed by atoms with van der Waals surface area (Å²) in [6, 6.07) is 5.63. The third-order valence-electron chi connectivity index (χ3n) is 5.46. The Morgan fingerprint density at radius 2 is 1.62 bits per heavy atom. The monoisotopic (exact) mass is 629 g/mol. The number of anilines is 1. The van der Waals surface area contributed by atoms with Gasteiger partial charge in [0, 0.05) is 22.1 Å². The van der Waals surface area contributed by atoms with Crippen LogP contribution in [-0.2, 0) is 32.3 Å². The molecule has 0 saturated heterocycles. The van der Waals surface area contributed by atoms with E-state index in [-0.39, 0.29) is 23.0 Å². The zero-order valence-electron chi connectivity index (χ0n) is 21.9. The van der Waals surface area contributed by atoms with Crippen molar-refractivity contribution < 1.29 is 31.2 Å². The number of carbonyl (C=O) groups excluding carboxylic acids is 2. The molecule has 1 atom stereocenters. The average molecular weight is 631 g/mol. The highest BCUT2D eigenvalue weighted by Gasteiger charge is 2.36. The second-order valence-corrected chi connectivity index (χ2v) is 13.0. The first kappa shape index (κ1) is 33.0. The van der Waals surface area contributed by atoms with Crippen LogP contribution in [0.25, 0.3) is 0 Å². The van der Waals surface area contributed by atoms with Gasteiger partial charge in [-0.1, -0.05) is 47.8 Å². The number of rotatable bonds is 9. The molecule has 2 aromatic rings. The molecule has 0 aromatic heterocycles. The highest BCUT2D eigenvalue weighted by molar-refractivity contribution is 7.92. The zero-order valence-corrected chi connectivity index (χ0v) is 25.0. The fourth-order valence-electron chi connectivity index (χ4n) is 3.68. The Labute approximate surface area is 241 Å². The Balaban J connectivity index is 2.60. The second-order valence-electron chi connectivity index (χ2n) is 9.85. The number of nitrogens with zero attached hydrogens (tertiary/aromatic N) is 2. The van der Waals surface area contributed by atoms with Crippen molar-refractivity contribution in [2.24, 2.45) is 0 Å². The highest BCUT2D eigenvalue weighted by atomic mass is 35.5. The van der Waals surface area contributed by atoms with Gasteiger partial charge in [0.1, 0.15) is 12.6 Å². The molecule has 0 heterocycles. The quantitative estimate of drug-likeness (QED) is 0.360. The predicted molar refractivity (Wildman–Crippen MR) is 148 cm³/mol. The fourth-order valence-corrected chi connectivity index (χ4v) is 5.27. The van der Waals surface area contributed by atoms with Crippen molar-refractivity contribution in [3.05, 3.63) is 62.6 Å². The van der Waals surface area contributed by atoms with Crippen LogP contribution in [0.3, 0.4) is 0 Å². The van der Waals surface area contributed by atoms with Gasteiger partial charge in [0.05, 0.1) is 22.5 Å². The van der Waals surface area contributed by atoms with E-state index in [4.69, 9.17) is 34.8 Å². The first-order valence-corrected chi connectivity index (χ1v) is 14.6. The summed E-state index contributed by atoms with van der Waals surface area (Å²) >= 11 is 18.4. The predicted octanol–water partition coefficient (Wildman–Crippen LogP) is 6.15. The lowest BCUT2D eigenvalue weighted by Gasteiger charge is -2.35. The summed E-state index contributed by atoms with van der Waals surface area (Å²) in [7, 11) is -4.31. The number of hydrogen-bond acceptors (Lipinski definition) is 4. The van der Waals surface area contributed by atoms with Crippen molar-refractivity contribution in [1.29, 1.82) is 0 Å². The van der Waals surface area contributed by atoms with Crippen molar-refractivity contribution in [3.63, 3.8) is 0 Å². The van der Waals surface area contributed by atoms with Crippen LogP contribution in [0.1, 0.15) is 45.2 Å². The molecule has 7 nitrogen and oxygen atoms in total. The summed E-state index contributed by atoms with van der Waals surface area (Å²) in [5.41, 5.74) is -1.91. The lowest BCUT2D eigenvalue weighted by atomic mass is 10.1. The van der Waals surface area contributed by atoms with E-state index in [1.807, 2.05) is 0 Å². The standard InChI is InChI=1S/C25H29Cl3F3N3O4S/c1-6-20(23(36)32-24(2,3)4)33(13-15-7-9-17(26)12-19(15)28)22(35)14-34(39(5,37)38)21-11-16(25(29,30)31)8-10-18(21)27/h7-12,20H,6,13-14H2,1-5H3,(H,32,36)/t20-/m0/s1. The summed E-state index contributed by atoms with van der Waals surface area (Å²) < 4.78 is 66.1. The van der Waals surface area contributed by atoms with Crippen molar-refractivity contribution >= 4 is 62.3 Å². The molecule has 0 aliphatic heterocycles. The Hall–Kier alpha value is -2.21. The summed E-state index contributed by atoms with van der Waals surface area (Å²) in [5.74, 6) is -1.37. The van der Waals surface area contributed by atoms with Crippen molar-refractivity contribution in [3.8, 4) is 0 Å². The smallest absolute Gasteiger partial charge is 0.350 e. The number of alkyl halides is 3. The topological polar surface area (TPSA) is 86.8 Å². The SMILES string of the molecule is CC[C@@H](C(=O)NC(C)(C)C)N(Cc1ccc(Cl)cc1Cl)C(=O)CN(c1cc(C(F)(F)F)ccc1Cl)S(C)(=O)=O. The van der Waals surface area contributed by atoms with Gasteiger partial charge in [-0.15, -0.1) is 0 Å². The van der Waals surface area contributed by atoms with Crippen LogP contribution in [0.5, 0.6) is 0 Å². The van der Waals surface area contributed by atoms with E-state index in [1.165, 1.54) is 12.1 Å². The molecular formula is C25H29Cl3F3N3O4S. The summed E-state index contributed by atoms with van der Waals surface area (Å²) in [6.45, 7) is 5.78. The lowest BCUT2D eigenvalue weighted by molar-refractivity contribution is -0.141. The van der Waals surface area contributed by atoms with E-state index in [2.05, 4.69) is 5.32 Å². The van der Waals surface area contributed by atoms with Gasteiger partial charge in [-0.05, 0) is 63.1 Å². The van der Waals surface area contributed by atoms with Crippen molar-refractivity contribution in [1.82, 2.24) is 10.2 Å². The Morgan fingerprint density at radius 3 is 2.10 bits per heavy atom. The minimum atomic E-state index is -4.79. The van der Waals surface area contributed by atoms with Gasteiger partial charge in [0.25, 0.3) is 0 Å². The summed E-state index contributed by atoms with van der Waals surface area (Å²) in [4.78, 5) is 28.0. The number of halogens is 6.